The maximum absolute atomic E-state index is 13.6. The van der Waals surface area contributed by atoms with Gasteiger partial charge < -0.3 is 10.6 Å². The van der Waals surface area contributed by atoms with Crippen LogP contribution in [0.1, 0.15) is 48.2 Å². The van der Waals surface area contributed by atoms with Crippen LogP contribution in [-0.4, -0.2) is 34.7 Å². The fourth-order valence-electron chi connectivity index (χ4n) is 3.53. The van der Waals surface area contributed by atoms with Crippen molar-refractivity contribution in [1.29, 1.82) is 0 Å². The molecule has 2 aromatic rings. The van der Waals surface area contributed by atoms with E-state index in [1.54, 1.807) is 0 Å². The lowest BCUT2D eigenvalue weighted by Crippen LogP contribution is -2.38. The van der Waals surface area contributed by atoms with Gasteiger partial charge in [-0.15, -0.1) is 0 Å². The number of benzene rings is 1. The molecule has 30 heavy (non-hydrogen) atoms. The van der Waals surface area contributed by atoms with Crippen LogP contribution in [0.15, 0.2) is 30.5 Å². The highest BCUT2D eigenvalue weighted by molar-refractivity contribution is 6.30. The van der Waals surface area contributed by atoms with Crippen LogP contribution in [-0.2, 0) is 11.0 Å². The third-order valence-electron chi connectivity index (χ3n) is 5.04. The van der Waals surface area contributed by atoms with Crippen molar-refractivity contribution in [1.82, 2.24) is 20.4 Å². The molecule has 2 N–H and O–H groups in total. The lowest BCUT2D eigenvalue weighted by atomic mass is 9.89. The Hall–Kier alpha value is -2.55. The number of carbonyl (C=O) groups excluding carboxylic acids is 2. The molecule has 0 bridgehead atoms. The van der Waals surface area contributed by atoms with Crippen molar-refractivity contribution in [3.05, 3.63) is 46.7 Å². The maximum atomic E-state index is 13.6. The molecule has 3 rings (SSSR count). The molecule has 1 aliphatic rings. The van der Waals surface area contributed by atoms with Crippen molar-refractivity contribution >= 4 is 23.4 Å². The first-order chi connectivity index (χ1) is 14.3. The zero-order valence-electron chi connectivity index (χ0n) is 16.1. The quantitative estimate of drug-likeness (QED) is 0.665. The number of hydrogen-bond donors (Lipinski definition) is 2. The second kappa shape index (κ2) is 9.51. The highest BCUT2D eigenvalue weighted by atomic mass is 35.5. The van der Waals surface area contributed by atoms with Gasteiger partial charge in [0.05, 0.1) is 17.4 Å². The van der Waals surface area contributed by atoms with Crippen molar-refractivity contribution in [2.75, 3.05) is 13.1 Å². The molecule has 1 saturated carbocycles. The summed E-state index contributed by atoms with van der Waals surface area (Å²) in [5, 5.41) is 9.26. The maximum Gasteiger partial charge on any atom is 0.434 e. The molecule has 1 aliphatic carbocycles. The average Bonchev–Trinajstić information content (AvgIpc) is 3.18. The summed E-state index contributed by atoms with van der Waals surface area (Å²) in [4.78, 5) is 24.4. The number of rotatable bonds is 6. The number of carbonyl (C=O) groups is 2. The van der Waals surface area contributed by atoms with E-state index >= 15 is 0 Å². The summed E-state index contributed by atoms with van der Waals surface area (Å²) in [5.41, 5.74) is -1.63. The molecule has 6 nitrogen and oxygen atoms in total. The number of nitrogens with one attached hydrogen (secondary N) is 2. The Kier molecular flexibility index (Phi) is 7.02. The molecule has 1 fully saturated rings. The fourth-order valence-corrected chi connectivity index (χ4v) is 3.66. The van der Waals surface area contributed by atoms with Gasteiger partial charge in [0.25, 0.3) is 5.91 Å². The SMILES string of the molecule is O=C(NCCNC(=O)C1CCCCC1)c1cnn(-c2ccc(Cl)cc2)c1C(F)(F)F. The summed E-state index contributed by atoms with van der Waals surface area (Å²) in [6.07, 6.45) is 0.948. The summed E-state index contributed by atoms with van der Waals surface area (Å²) < 4.78 is 41.6. The van der Waals surface area contributed by atoms with Gasteiger partial charge in [-0.2, -0.15) is 18.3 Å². The van der Waals surface area contributed by atoms with Gasteiger partial charge in [-0.3, -0.25) is 9.59 Å². The summed E-state index contributed by atoms with van der Waals surface area (Å²) >= 11 is 5.78. The van der Waals surface area contributed by atoms with Gasteiger partial charge in [0.15, 0.2) is 5.69 Å². The van der Waals surface area contributed by atoms with E-state index in [1.807, 2.05) is 0 Å². The first-order valence-corrected chi connectivity index (χ1v) is 10.1. The van der Waals surface area contributed by atoms with Crippen LogP contribution < -0.4 is 10.6 Å². The van der Waals surface area contributed by atoms with Gasteiger partial charge in [-0.25, -0.2) is 4.68 Å². The van der Waals surface area contributed by atoms with Crippen molar-refractivity contribution in [3.8, 4) is 5.69 Å². The number of amides is 2. The van der Waals surface area contributed by atoms with E-state index in [9.17, 15) is 22.8 Å². The predicted octanol–water partition coefficient (Wildman–Crippen LogP) is 3.97. The molecule has 1 aromatic heterocycles. The molecule has 0 saturated heterocycles. The predicted molar refractivity (Wildman–Crippen MR) is 105 cm³/mol. The van der Waals surface area contributed by atoms with Crippen LogP contribution in [0.5, 0.6) is 0 Å². The lowest BCUT2D eigenvalue weighted by molar-refractivity contribution is -0.143. The summed E-state index contributed by atoms with van der Waals surface area (Å²) in [6, 6.07) is 5.64. The topological polar surface area (TPSA) is 76.0 Å². The van der Waals surface area contributed by atoms with Crippen LogP contribution in [0.2, 0.25) is 5.02 Å². The van der Waals surface area contributed by atoms with Crippen molar-refractivity contribution in [2.24, 2.45) is 5.92 Å². The van der Waals surface area contributed by atoms with E-state index in [-0.39, 0.29) is 30.6 Å². The van der Waals surface area contributed by atoms with E-state index in [1.165, 1.54) is 24.3 Å². The fraction of sp³-hybridized carbons (Fsp3) is 0.450. The summed E-state index contributed by atoms with van der Waals surface area (Å²) in [6.45, 7) is 0.161. The van der Waals surface area contributed by atoms with Crippen LogP contribution in [0, 0.1) is 5.92 Å². The molecule has 1 aromatic carbocycles. The monoisotopic (exact) mass is 442 g/mol. The molecule has 0 atom stereocenters. The van der Waals surface area contributed by atoms with Crippen molar-refractivity contribution in [2.45, 2.75) is 38.3 Å². The standard InChI is InChI=1S/C20H22ClF3N4O2/c21-14-6-8-15(9-7-14)28-17(20(22,23)24)16(12-27-28)19(30)26-11-10-25-18(29)13-4-2-1-3-5-13/h6-9,12-13H,1-5,10-11H2,(H,25,29)(H,26,30). The van der Waals surface area contributed by atoms with Crippen LogP contribution in [0.25, 0.3) is 5.69 Å². The highest BCUT2D eigenvalue weighted by Crippen LogP contribution is 2.33. The molecule has 162 valence electrons. The van der Waals surface area contributed by atoms with Crippen molar-refractivity contribution < 1.29 is 22.8 Å². The van der Waals surface area contributed by atoms with Gasteiger partial charge in [0, 0.05) is 24.0 Å². The minimum absolute atomic E-state index is 0.0146. The Morgan fingerprint density at radius 1 is 1.07 bits per heavy atom. The molecule has 2 amide bonds. The Morgan fingerprint density at radius 2 is 1.70 bits per heavy atom. The molecular formula is C20H22ClF3N4O2. The largest absolute Gasteiger partial charge is 0.434 e. The molecule has 0 spiro atoms. The van der Waals surface area contributed by atoms with E-state index in [0.717, 1.165) is 38.3 Å². The number of alkyl halides is 3. The molecule has 0 unspecified atom stereocenters. The van der Waals surface area contributed by atoms with E-state index in [2.05, 4.69) is 15.7 Å². The Balaban J connectivity index is 1.64. The highest BCUT2D eigenvalue weighted by Gasteiger charge is 2.40. The lowest BCUT2D eigenvalue weighted by Gasteiger charge is -2.20. The van der Waals surface area contributed by atoms with E-state index in [4.69, 9.17) is 11.6 Å². The minimum atomic E-state index is -4.79. The first kappa shape index (κ1) is 22.1. The molecule has 1 heterocycles. The van der Waals surface area contributed by atoms with E-state index in [0.29, 0.717) is 9.70 Å². The first-order valence-electron chi connectivity index (χ1n) is 9.74. The second-order valence-corrected chi connectivity index (χ2v) is 7.61. The van der Waals surface area contributed by atoms with Gasteiger partial charge in [-0.1, -0.05) is 30.9 Å². The molecule has 0 radical (unpaired) electrons. The Morgan fingerprint density at radius 3 is 2.33 bits per heavy atom. The number of aromatic nitrogens is 2. The third-order valence-corrected chi connectivity index (χ3v) is 5.29. The zero-order valence-corrected chi connectivity index (χ0v) is 16.9. The molecule has 0 aliphatic heterocycles. The third kappa shape index (κ3) is 5.33. The van der Waals surface area contributed by atoms with Gasteiger partial charge in [-0.05, 0) is 37.1 Å². The number of nitrogens with zero attached hydrogens (tertiary/aromatic N) is 2. The smallest absolute Gasteiger partial charge is 0.354 e. The second-order valence-electron chi connectivity index (χ2n) is 7.17. The number of halogens is 4. The minimum Gasteiger partial charge on any atom is -0.354 e. The molecular weight excluding hydrogens is 421 g/mol. The number of hydrogen-bond acceptors (Lipinski definition) is 3. The molecule has 10 heteroatoms. The zero-order chi connectivity index (χ0) is 21.7. The van der Waals surface area contributed by atoms with Crippen LogP contribution in [0.3, 0.4) is 0 Å². The van der Waals surface area contributed by atoms with E-state index < -0.39 is 23.3 Å². The van der Waals surface area contributed by atoms with Crippen molar-refractivity contribution in [3.63, 3.8) is 0 Å². The Bertz CT molecular complexity index is 890. The van der Waals surface area contributed by atoms with Gasteiger partial charge in [0.2, 0.25) is 5.91 Å². The van der Waals surface area contributed by atoms with Gasteiger partial charge in [0.1, 0.15) is 0 Å². The average molecular weight is 443 g/mol. The van der Waals surface area contributed by atoms with Crippen LogP contribution in [0.4, 0.5) is 13.2 Å². The Labute approximate surface area is 176 Å². The van der Waals surface area contributed by atoms with Gasteiger partial charge >= 0.3 is 6.18 Å². The van der Waals surface area contributed by atoms with Crippen LogP contribution >= 0.6 is 11.6 Å². The normalized spacial score (nSPS) is 15.1. The summed E-state index contributed by atoms with van der Waals surface area (Å²) in [7, 11) is 0. The summed E-state index contributed by atoms with van der Waals surface area (Å²) in [5.74, 6) is -1.01.